The number of nitrogens with one attached hydrogen (secondary N) is 1. The molecule has 110 valence electrons. The van der Waals surface area contributed by atoms with E-state index in [0.717, 1.165) is 30.4 Å². The molecule has 0 fully saturated rings. The smallest absolute Gasteiger partial charge is 0.254 e. The van der Waals surface area contributed by atoms with Crippen LogP contribution in [0, 0.1) is 11.6 Å². The lowest BCUT2D eigenvalue weighted by atomic mass is 10.2. The van der Waals surface area contributed by atoms with Gasteiger partial charge in [-0.3, -0.25) is 4.79 Å². The average molecular weight is 307 g/mol. The van der Waals surface area contributed by atoms with E-state index < -0.39 is 17.5 Å². The van der Waals surface area contributed by atoms with Gasteiger partial charge in [0, 0.05) is 11.4 Å². The van der Waals surface area contributed by atoms with Gasteiger partial charge in [0.2, 0.25) is 0 Å². The van der Waals surface area contributed by atoms with Gasteiger partial charge in [-0.2, -0.15) is 0 Å². The zero-order chi connectivity index (χ0) is 15.1. The Labute approximate surface area is 126 Å². The minimum Gasteiger partial charge on any atom is -0.352 e. The summed E-state index contributed by atoms with van der Waals surface area (Å²) < 4.78 is 26.4. The highest BCUT2D eigenvalue weighted by molar-refractivity contribution is 7.99. The Morgan fingerprint density at radius 1 is 1.10 bits per heavy atom. The lowest BCUT2D eigenvalue weighted by Gasteiger charge is -2.06. The summed E-state index contributed by atoms with van der Waals surface area (Å²) in [5, 5.41) is 2.59. The van der Waals surface area contributed by atoms with Crippen molar-refractivity contribution in [2.45, 2.75) is 11.3 Å². The van der Waals surface area contributed by atoms with Gasteiger partial charge in [-0.1, -0.05) is 18.2 Å². The molecule has 2 rings (SSSR count). The van der Waals surface area contributed by atoms with E-state index in [2.05, 4.69) is 5.32 Å². The zero-order valence-corrected chi connectivity index (χ0v) is 12.1. The number of carbonyl (C=O) groups excluding carboxylic acids is 1. The molecule has 0 atom stereocenters. The molecule has 0 aliphatic rings. The lowest BCUT2D eigenvalue weighted by molar-refractivity contribution is 0.0949. The average Bonchev–Trinajstić information content (AvgIpc) is 2.50. The number of thioether (sulfide) groups is 1. The summed E-state index contributed by atoms with van der Waals surface area (Å²) in [7, 11) is 0. The van der Waals surface area contributed by atoms with E-state index in [9.17, 15) is 13.6 Å². The molecule has 0 unspecified atom stereocenters. The van der Waals surface area contributed by atoms with E-state index >= 15 is 0 Å². The van der Waals surface area contributed by atoms with Crippen LogP contribution in [-0.2, 0) is 0 Å². The molecule has 0 saturated heterocycles. The number of hydrogen-bond acceptors (Lipinski definition) is 2. The largest absolute Gasteiger partial charge is 0.352 e. The molecule has 2 aromatic carbocycles. The quantitative estimate of drug-likeness (QED) is 0.648. The molecule has 1 amide bonds. The zero-order valence-electron chi connectivity index (χ0n) is 11.3. The van der Waals surface area contributed by atoms with E-state index in [1.807, 2.05) is 30.3 Å². The Bertz CT molecular complexity index is 604. The molecule has 0 radical (unpaired) electrons. The predicted molar refractivity (Wildman–Crippen MR) is 80.5 cm³/mol. The molecule has 0 spiro atoms. The van der Waals surface area contributed by atoms with Crippen LogP contribution in [0.1, 0.15) is 16.8 Å². The van der Waals surface area contributed by atoms with Gasteiger partial charge in [-0.05, 0) is 42.5 Å². The maximum atomic E-state index is 13.4. The maximum absolute atomic E-state index is 13.4. The summed E-state index contributed by atoms with van der Waals surface area (Å²) >= 11 is 1.69. The molecule has 2 aromatic rings. The van der Waals surface area contributed by atoms with Crippen LogP contribution in [-0.4, -0.2) is 18.2 Å². The highest BCUT2D eigenvalue weighted by atomic mass is 32.2. The van der Waals surface area contributed by atoms with Crippen LogP contribution in [0.5, 0.6) is 0 Å². The molecule has 0 bridgehead atoms. The second-order valence-corrected chi connectivity index (χ2v) is 5.56. The van der Waals surface area contributed by atoms with E-state index in [0.29, 0.717) is 6.54 Å². The number of benzene rings is 2. The SMILES string of the molecule is O=C(NCCCSc1ccccc1)c1cc(F)ccc1F. The van der Waals surface area contributed by atoms with Crippen LogP contribution in [0.3, 0.4) is 0 Å². The third kappa shape index (κ3) is 4.86. The van der Waals surface area contributed by atoms with Crippen molar-refractivity contribution in [2.75, 3.05) is 12.3 Å². The molecule has 0 aliphatic carbocycles. The number of carbonyl (C=O) groups is 1. The second kappa shape index (κ2) is 7.78. The van der Waals surface area contributed by atoms with Crippen LogP contribution < -0.4 is 5.32 Å². The standard InChI is InChI=1S/C16H15F2NOS/c17-12-7-8-15(18)14(11-12)16(20)19-9-4-10-21-13-5-2-1-3-6-13/h1-3,5-8,11H,4,9-10H2,(H,19,20). The Hall–Kier alpha value is -1.88. The van der Waals surface area contributed by atoms with Crippen molar-refractivity contribution < 1.29 is 13.6 Å². The Balaban J connectivity index is 1.73. The highest BCUT2D eigenvalue weighted by Gasteiger charge is 2.11. The van der Waals surface area contributed by atoms with Gasteiger partial charge >= 0.3 is 0 Å². The van der Waals surface area contributed by atoms with Crippen LogP contribution in [0.15, 0.2) is 53.4 Å². The van der Waals surface area contributed by atoms with E-state index in [-0.39, 0.29) is 5.56 Å². The van der Waals surface area contributed by atoms with Gasteiger partial charge in [0.05, 0.1) is 5.56 Å². The first-order valence-corrected chi connectivity index (χ1v) is 7.56. The van der Waals surface area contributed by atoms with Gasteiger partial charge in [0.15, 0.2) is 0 Å². The Kier molecular flexibility index (Phi) is 5.75. The van der Waals surface area contributed by atoms with Crippen molar-refractivity contribution >= 4 is 17.7 Å². The summed E-state index contributed by atoms with van der Waals surface area (Å²) in [4.78, 5) is 12.9. The number of amides is 1. The third-order valence-corrected chi connectivity index (χ3v) is 3.89. The first kappa shape index (κ1) is 15.5. The van der Waals surface area contributed by atoms with Gasteiger partial charge < -0.3 is 5.32 Å². The fourth-order valence-corrected chi connectivity index (χ4v) is 2.62. The third-order valence-electron chi connectivity index (χ3n) is 2.79. The molecular weight excluding hydrogens is 292 g/mol. The fraction of sp³-hybridized carbons (Fsp3) is 0.188. The maximum Gasteiger partial charge on any atom is 0.254 e. The van der Waals surface area contributed by atoms with Crippen LogP contribution in [0.25, 0.3) is 0 Å². The van der Waals surface area contributed by atoms with Gasteiger partial charge in [0.25, 0.3) is 5.91 Å². The number of hydrogen-bond donors (Lipinski definition) is 1. The second-order valence-electron chi connectivity index (χ2n) is 4.40. The summed E-state index contributed by atoms with van der Waals surface area (Å²) in [6.07, 6.45) is 0.752. The topological polar surface area (TPSA) is 29.1 Å². The van der Waals surface area contributed by atoms with Crippen molar-refractivity contribution in [3.05, 3.63) is 65.7 Å². The van der Waals surface area contributed by atoms with Crippen molar-refractivity contribution in [1.29, 1.82) is 0 Å². The summed E-state index contributed by atoms with van der Waals surface area (Å²) in [6.45, 7) is 0.425. The highest BCUT2D eigenvalue weighted by Crippen LogP contribution is 2.17. The minimum absolute atomic E-state index is 0.259. The first-order valence-electron chi connectivity index (χ1n) is 6.58. The number of halogens is 2. The van der Waals surface area contributed by atoms with Crippen molar-refractivity contribution in [3.8, 4) is 0 Å². The summed E-state index contributed by atoms with van der Waals surface area (Å²) in [5.74, 6) is -1.08. The minimum atomic E-state index is -0.715. The summed E-state index contributed by atoms with van der Waals surface area (Å²) in [5.41, 5.74) is -0.259. The number of rotatable bonds is 6. The van der Waals surface area contributed by atoms with Crippen LogP contribution in [0.2, 0.25) is 0 Å². The predicted octanol–water partition coefficient (Wildman–Crippen LogP) is 3.88. The molecular formula is C16H15F2NOS. The Morgan fingerprint density at radius 2 is 1.86 bits per heavy atom. The monoisotopic (exact) mass is 307 g/mol. The van der Waals surface area contributed by atoms with E-state index in [4.69, 9.17) is 0 Å². The molecule has 0 heterocycles. The van der Waals surface area contributed by atoms with Gasteiger partial charge in [-0.15, -0.1) is 11.8 Å². The van der Waals surface area contributed by atoms with Crippen LogP contribution in [0.4, 0.5) is 8.78 Å². The molecule has 5 heteroatoms. The van der Waals surface area contributed by atoms with Crippen LogP contribution >= 0.6 is 11.8 Å². The van der Waals surface area contributed by atoms with Crippen molar-refractivity contribution in [1.82, 2.24) is 5.32 Å². The molecule has 0 saturated carbocycles. The first-order chi connectivity index (χ1) is 10.2. The van der Waals surface area contributed by atoms with E-state index in [1.165, 1.54) is 4.90 Å². The van der Waals surface area contributed by atoms with Crippen molar-refractivity contribution in [3.63, 3.8) is 0 Å². The molecule has 1 N–H and O–H groups in total. The van der Waals surface area contributed by atoms with Gasteiger partial charge in [-0.25, -0.2) is 8.78 Å². The molecule has 2 nitrogen and oxygen atoms in total. The fourth-order valence-electron chi connectivity index (χ4n) is 1.75. The summed E-state index contributed by atoms with van der Waals surface area (Å²) in [6, 6.07) is 12.8. The van der Waals surface area contributed by atoms with Crippen molar-refractivity contribution in [2.24, 2.45) is 0 Å². The molecule has 0 aliphatic heterocycles. The molecule has 21 heavy (non-hydrogen) atoms. The van der Waals surface area contributed by atoms with E-state index in [1.54, 1.807) is 11.8 Å². The van der Waals surface area contributed by atoms with Gasteiger partial charge in [0.1, 0.15) is 11.6 Å². The normalized spacial score (nSPS) is 10.4. The lowest BCUT2D eigenvalue weighted by Crippen LogP contribution is -2.25. The molecule has 0 aromatic heterocycles. The Morgan fingerprint density at radius 3 is 2.62 bits per heavy atom.